The third-order valence-electron chi connectivity index (χ3n) is 3.36. The third kappa shape index (κ3) is 2.38. The lowest BCUT2D eigenvalue weighted by Gasteiger charge is -2.13. The van der Waals surface area contributed by atoms with E-state index >= 15 is 0 Å². The van der Waals surface area contributed by atoms with Gasteiger partial charge in [-0.1, -0.05) is 0 Å². The Bertz CT molecular complexity index is 840. The van der Waals surface area contributed by atoms with Gasteiger partial charge < -0.3 is 4.74 Å². The molecular formula is C15H12F3N3O. The number of fused-ring (bicyclic) bond motifs is 1. The Morgan fingerprint density at radius 2 is 1.95 bits per heavy atom. The number of hydrogen-bond donors (Lipinski definition) is 1. The average molecular weight is 307 g/mol. The highest BCUT2D eigenvalue weighted by Crippen LogP contribution is 2.38. The van der Waals surface area contributed by atoms with Gasteiger partial charge in [-0.05, 0) is 31.2 Å². The highest BCUT2D eigenvalue weighted by molar-refractivity contribution is 5.95. The number of ether oxygens (including phenoxy) is 1. The number of H-pyrrole nitrogens is 1. The summed E-state index contributed by atoms with van der Waals surface area (Å²) in [6.45, 7) is 1.77. The highest BCUT2D eigenvalue weighted by Gasteiger charge is 2.32. The lowest BCUT2D eigenvalue weighted by Crippen LogP contribution is -2.05. The van der Waals surface area contributed by atoms with Crippen LogP contribution in [0, 0.1) is 6.92 Å². The van der Waals surface area contributed by atoms with Crippen LogP contribution in [0.1, 0.15) is 11.3 Å². The first-order valence-electron chi connectivity index (χ1n) is 6.46. The number of aryl methyl sites for hydroxylation is 1. The second-order valence-electron chi connectivity index (χ2n) is 4.86. The predicted molar refractivity (Wildman–Crippen MR) is 75.6 cm³/mol. The quantitative estimate of drug-likeness (QED) is 0.779. The summed E-state index contributed by atoms with van der Waals surface area (Å²) in [6.07, 6.45) is -2.97. The molecule has 2 heterocycles. The van der Waals surface area contributed by atoms with E-state index < -0.39 is 11.7 Å². The van der Waals surface area contributed by atoms with Crippen LogP contribution in [0.15, 0.2) is 30.5 Å². The van der Waals surface area contributed by atoms with E-state index in [-0.39, 0.29) is 0 Å². The van der Waals surface area contributed by atoms with Gasteiger partial charge in [-0.15, -0.1) is 0 Å². The molecule has 0 saturated heterocycles. The van der Waals surface area contributed by atoms with E-state index in [2.05, 4.69) is 15.2 Å². The number of rotatable bonds is 2. The fourth-order valence-corrected chi connectivity index (χ4v) is 2.31. The summed E-state index contributed by atoms with van der Waals surface area (Å²) in [4.78, 5) is 4.33. The van der Waals surface area contributed by atoms with Crippen molar-refractivity contribution in [1.29, 1.82) is 0 Å². The van der Waals surface area contributed by atoms with Crippen LogP contribution in [0.2, 0.25) is 0 Å². The zero-order valence-corrected chi connectivity index (χ0v) is 11.8. The number of alkyl halides is 3. The van der Waals surface area contributed by atoms with E-state index in [1.807, 2.05) is 0 Å². The zero-order chi connectivity index (χ0) is 15.9. The molecule has 0 saturated carbocycles. The van der Waals surface area contributed by atoms with Crippen LogP contribution in [0.3, 0.4) is 0 Å². The van der Waals surface area contributed by atoms with E-state index in [0.717, 1.165) is 12.1 Å². The van der Waals surface area contributed by atoms with E-state index in [4.69, 9.17) is 4.74 Å². The molecule has 7 heteroatoms. The van der Waals surface area contributed by atoms with E-state index in [1.54, 1.807) is 19.1 Å². The van der Waals surface area contributed by atoms with Crippen LogP contribution in [0.25, 0.3) is 22.2 Å². The Kier molecular flexibility index (Phi) is 3.27. The fourth-order valence-electron chi connectivity index (χ4n) is 2.31. The molecule has 0 bridgehead atoms. The molecule has 1 aromatic carbocycles. The molecule has 22 heavy (non-hydrogen) atoms. The summed E-state index contributed by atoms with van der Waals surface area (Å²) < 4.78 is 44.5. The number of hydrogen-bond acceptors (Lipinski definition) is 3. The summed E-state index contributed by atoms with van der Waals surface area (Å²) in [6, 6.07) is 5.53. The topological polar surface area (TPSA) is 50.8 Å². The largest absolute Gasteiger partial charge is 0.494 e. The van der Waals surface area contributed by atoms with Crippen molar-refractivity contribution >= 4 is 10.9 Å². The van der Waals surface area contributed by atoms with Crippen molar-refractivity contribution in [1.82, 2.24) is 15.2 Å². The van der Waals surface area contributed by atoms with Gasteiger partial charge in [0.1, 0.15) is 11.4 Å². The van der Waals surface area contributed by atoms with Gasteiger partial charge >= 0.3 is 6.18 Å². The zero-order valence-electron chi connectivity index (χ0n) is 11.8. The number of pyridine rings is 1. The van der Waals surface area contributed by atoms with E-state index in [1.165, 1.54) is 13.3 Å². The van der Waals surface area contributed by atoms with Crippen LogP contribution < -0.4 is 4.74 Å². The van der Waals surface area contributed by atoms with Crippen LogP contribution >= 0.6 is 0 Å². The number of halogens is 3. The normalized spacial score (nSPS) is 11.9. The molecule has 3 aromatic rings. The van der Waals surface area contributed by atoms with E-state index in [9.17, 15) is 13.2 Å². The minimum absolute atomic E-state index is 0.301. The van der Waals surface area contributed by atoms with Crippen LogP contribution in [0.4, 0.5) is 13.2 Å². The van der Waals surface area contributed by atoms with Gasteiger partial charge in [-0.3, -0.25) is 5.10 Å². The molecule has 0 aliphatic rings. The van der Waals surface area contributed by atoms with Crippen molar-refractivity contribution in [3.05, 3.63) is 41.7 Å². The van der Waals surface area contributed by atoms with Gasteiger partial charge in [0.05, 0.1) is 24.4 Å². The van der Waals surface area contributed by atoms with Gasteiger partial charge in [0, 0.05) is 16.6 Å². The predicted octanol–water partition coefficient (Wildman–Crippen LogP) is 3.96. The van der Waals surface area contributed by atoms with Gasteiger partial charge in [-0.2, -0.15) is 18.3 Å². The van der Waals surface area contributed by atoms with E-state index in [0.29, 0.717) is 33.6 Å². The SMILES string of the molecule is COc1ccc(C)nc1-c1cc(C(F)(F)F)cc2[nH]ncc12. The first-order valence-corrected chi connectivity index (χ1v) is 6.46. The summed E-state index contributed by atoms with van der Waals surface area (Å²) in [5.41, 5.74) is 0.920. The molecule has 1 N–H and O–H groups in total. The van der Waals surface area contributed by atoms with Gasteiger partial charge in [-0.25, -0.2) is 4.98 Å². The summed E-state index contributed by atoms with van der Waals surface area (Å²) >= 11 is 0. The standard InChI is InChI=1S/C15H12F3N3O/c1-8-3-4-13(22-2)14(20-8)10-5-9(15(16,17)18)6-12-11(10)7-19-21-12/h3-7H,1-2H3,(H,19,21). The molecule has 0 aliphatic carbocycles. The minimum Gasteiger partial charge on any atom is -0.494 e. The maximum Gasteiger partial charge on any atom is 0.416 e. The van der Waals surface area contributed by atoms with Crippen molar-refractivity contribution in [3.63, 3.8) is 0 Å². The smallest absolute Gasteiger partial charge is 0.416 e. The van der Waals surface area contributed by atoms with Crippen LogP contribution in [-0.4, -0.2) is 22.3 Å². The molecule has 0 unspecified atom stereocenters. The maximum absolute atomic E-state index is 13.1. The Labute approximate surface area is 123 Å². The summed E-state index contributed by atoms with van der Waals surface area (Å²) in [7, 11) is 1.45. The monoisotopic (exact) mass is 307 g/mol. The molecule has 0 atom stereocenters. The molecule has 2 aromatic heterocycles. The van der Waals surface area contributed by atoms with Crippen molar-refractivity contribution in [2.45, 2.75) is 13.1 Å². The number of aromatic nitrogens is 3. The number of benzene rings is 1. The Morgan fingerprint density at radius 1 is 1.18 bits per heavy atom. The van der Waals surface area contributed by atoms with Gasteiger partial charge in [0.15, 0.2) is 0 Å². The van der Waals surface area contributed by atoms with Gasteiger partial charge in [0.2, 0.25) is 0 Å². The van der Waals surface area contributed by atoms with Crippen LogP contribution in [-0.2, 0) is 6.18 Å². The Hall–Kier alpha value is -2.57. The lowest BCUT2D eigenvalue weighted by atomic mass is 10.0. The molecular weight excluding hydrogens is 295 g/mol. The molecule has 0 spiro atoms. The lowest BCUT2D eigenvalue weighted by molar-refractivity contribution is -0.137. The molecule has 4 nitrogen and oxygen atoms in total. The first kappa shape index (κ1) is 14.4. The summed E-state index contributed by atoms with van der Waals surface area (Å²) in [5.74, 6) is 0.410. The average Bonchev–Trinajstić information content (AvgIpc) is 2.93. The molecule has 0 radical (unpaired) electrons. The molecule has 0 fully saturated rings. The number of nitrogens with zero attached hydrogens (tertiary/aromatic N) is 2. The van der Waals surface area contributed by atoms with Crippen molar-refractivity contribution < 1.29 is 17.9 Å². The molecule has 0 aliphatic heterocycles. The Morgan fingerprint density at radius 3 is 2.64 bits per heavy atom. The number of methoxy groups -OCH3 is 1. The Balaban J connectivity index is 2.35. The van der Waals surface area contributed by atoms with Crippen molar-refractivity contribution in [3.8, 4) is 17.0 Å². The molecule has 3 rings (SSSR count). The second kappa shape index (κ2) is 5.01. The summed E-state index contributed by atoms with van der Waals surface area (Å²) in [5, 5.41) is 6.96. The number of aromatic amines is 1. The van der Waals surface area contributed by atoms with Crippen LogP contribution in [0.5, 0.6) is 5.75 Å². The third-order valence-corrected chi connectivity index (χ3v) is 3.36. The first-order chi connectivity index (χ1) is 10.4. The van der Waals surface area contributed by atoms with Gasteiger partial charge in [0.25, 0.3) is 0 Å². The van der Waals surface area contributed by atoms with Crippen molar-refractivity contribution in [2.24, 2.45) is 0 Å². The molecule has 114 valence electrons. The highest BCUT2D eigenvalue weighted by atomic mass is 19.4. The minimum atomic E-state index is -4.45. The molecule has 0 amide bonds. The number of nitrogens with one attached hydrogen (secondary N) is 1. The second-order valence-corrected chi connectivity index (χ2v) is 4.86. The fraction of sp³-hybridized carbons (Fsp3) is 0.200. The van der Waals surface area contributed by atoms with Crippen molar-refractivity contribution in [2.75, 3.05) is 7.11 Å². The maximum atomic E-state index is 13.1.